The summed E-state index contributed by atoms with van der Waals surface area (Å²) in [7, 11) is 0. The quantitative estimate of drug-likeness (QED) is 0.0204. The molecule has 0 spiro atoms. The summed E-state index contributed by atoms with van der Waals surface area (Å²) in [6, 6.07) is -0.824. The van der Waals surface area contributed by atoms with Crippen molar-refractivity contribution in [1.82, 2.24) is 5.32 Å². The number of hydrogen-bond acceptors (Lipinski definition) is 13. The SMILES string of the molecule is CCCCCCCCCC/C=C\CCCCCCCCCCCCCCCCCCCCCC(=O)NC(COC1OC(CO)C(OC2OC(CO)C(O)C(O)C2O)C(O)C1O)C(O)CCCCCCCCCCCCCC. The molecular formula is C63H121NO13. The van der Waals surface area contributed by atoms with Gasteiger partial charge in [0.15, 0.2) is 12.6 Å². The van der Waals surface area contributed by atoms with Crippen LogP contribution >= 0.6 is 0 Å². The summed E-state index contributed by atoms with van der Waals surface area (Å²) in [5.74, 6) is -0.202. The van der Waals surface area contributed by atoms with Crippen molar-refractivity contribution >= 4 is 5.91 Å². The van der Waals surface area contributed by atoms with Gasteiger partial charge >= 0.3 is 0 Å². The monoisotopic (exact) mass is 1100 g/mol. The Hall–Kier alpha value is -1.27. The molecule has 0 aromatic heterocycles. The molecule has 0 bridgehead atoms. The van der Waals surface area contributed by atoms with Crippen molar-refractivity contribution in [2.45, 2.75) is 364 Å². The minimum atomic E-state index is -1.78. The molecule has 2 heterocycles. The first-order chi connectivity index (χ1) is 37.6. The van der Waals surface area contributed by atoms with E-state index in [-0.39, 0.29) is 12.5 Å². The van der Waals surface area contributed by atoms with Crippen LogP contribution in [0.3, 0.4) is 0 Å². The smallest absolute Gasteiger partial charge is 0.220 e. The fraction of sp³-hybridized carbons (Fsp3) is 0.952. The number of carbonyl (C=O) groups excluding carboxylic acids is 1. The van der Waals surface area contributed by atoms with Crippen LogP contribution in [0.15, 0.2) is 12.2 Å². The number of carbonyl (C=O) groups is 1. The molecule has 456 valence electrons. The second-order valence-corrected chi connectivity index (χ2v) is 23.2. The van der Waals surface area contributed by atoms with Gasteiger partial charge in [0.2, 0.25) is 5.91 Å². The maximum Gasteiger partial charge on any atom is 0.220 e. The number of allylic oxidation sites excluding steroid dienone is 2. The molecule has 1 amide bonds. The molecule has 0 radical (unpaired) electrons. The summed E-state index contributed by atoms with van der Waals surface area (Å²) in [5.41, 5.74) is 0. The molecule has 77 heavy (non-hydrogen) atoms. The third-order valence-corrected chi connectivity index (χ3v) is 16.2. The Labute approximate surface area is 469 Å². The molecule has 2 fully saturated rings. The van der Waals surface area contributed by atoms with E-state index >= 15 is 0 Å². The molecule has 2 aliphatic rings. The molecule has 0 aromatic carbocycles. The maximum atomic E-state index is 13.3. The van der Waals surface area contributed by atoms with E-state index in [1.165, 1.54) is 212 Å². The number of rotatable bonds is 53. The van der Waals surface area contributed by atoms with Gasteiger partial charge in [0.1, 0.15) is 48.8 Å². The maximum absolute atomic E-state index is 13.3. The summed E-state index contributed by atoms with van der Waals surface area (Å²) >= 11 is 0. The van der Waals surface area contributed by atoms with Crippen LogP contribution in [-0.4, -0.2) is 140 Å². The molecule has 0 aliphatic carbocycles. The van der Waals surface area contributed by atoms with E-state index < -0.39 is 86.8 Å². The predicted octanol–water partition coefficient (Wildman–Crippen LogP) is 11.8. The highest BCUT2D eigenvalue weighted by atomic mass is 16.7. The zero-order valence-corrected chi connectivity index (χ0v) is 49.2. The third kappa shape index (κ3) is 34.7. The largest absolute Gasteiger partial charge is 0.394 e. The Morgan fingerprint density at radius 2 is 0.818 bits per heavy atom. The van der Waals surface area contributed by atoms with Gasteiger partial charge in [0.25, 0.3) is 0 Å². The normalized spacial score (nSPS) is 24.7. The van der Waals surface area contributed by atoms with E-state index in [9.17, 15) is 45.6 Å². The van der Waals surface area contributed by atoms with Gasteiger partial charge in [-0.05, 0) is 38.5 Å². The lowest BCUT2D eigenvalue weighted by Crippen LogP contribution is -2.65. The van der Waals surface area contributed by atoms with Crippen LogP contribution < -0.4 is 5.32 Å². The molecule has 9 N–H and O–H groups in total. The first-order valence-corrected chi connectivity index (χ1v) is 32.4. The first kappa shape index (κ1) is 71.8. The fourth-order valence-corrected chi connectivity index (χ4v) is 11.0. The molecular weight excluding hydrogens is 979 g/mol. The molecule has 0 aromatic rings. The Morgan fingerprint density at radius 3 is 1.23 bits per heavy atom. The Balaban J connectivity index is 1.61. The van der Waals surface area contributed by atoms with Gasteiger partial charge in [-0.2, -0.15) is 0 Å². The lowest BCUT2D eigenvalue weighted by Gasteiger charge is -2.46. The van der Waals surface area contributed by atoms with E-state index in [0.717, 1.165) is 51.4 Å². The number of hydrogen-bond donors (Lipinski definition) is 9. The van der Waals surface area contributed by atoms with Crippen molar-refractivity contribution in [1.29, 1.82) is 0 Å². The van der Waals surface area contributed by atoms with Crippen molar-refractivity contribution in [3.8, 4) is 0 Å². The molecule has 14 nitrogen and oxygen atoms in total. The molecule has 2 aliphatic heterocycles. The van der Waals surface area contributed by atoms with Gasteiger partial charge in [-0.15, -0.1) is 0 Å². The standard InChI is InChI=1S/C63H121NO13/c1-3-5-7-9-11-13-15-17-18-19-20-21-22-23-24-25-26-27-28-29-30-31-32-33-34-35-37-39-41-43-45-47-55(68)64-51(52(67)46-44-42-40-38-36-16-14-12-10-8-6-4-2)50-74-62-60(73)58(71)61(54(49-66)76-62)77-63-59(72)57(70)56(69)53(48-65)75-63/h19-20,51-54,56-63,65-67,69-73H,3-18,21-50H2,1-2H3,(H,64,68)/b20-19-. The van der Waals surface area contributed by atoms with Crippen LogP contribution in [0.2, 0.25) is 0 Å². The average molecular weight is 1100 g/mol. The van der Waals surface area contributed by atoms with Crippen LogP contribution in [0.1, 0.15) is 290 Å². The van der Waals surface area contributed by atoms with Crippen molar-refractivity contribution in [2.24, 2.45) is 0 Å². The lowest BCUT2D eigenvalue weighted by molar-refractivity contribution is -0.359. The molecule has 2 saturated heterocycles. The average Bonchev–Trinajstić information content (AvgIpc) is 3.43. The summed E-state index contributed by atoms with van der Waals surface area (Å²) in [4.78, 5) is 13.3. The van der Waals surface area contributed by atoms with Gasteiger partial charge in [-0.1, -0.05) is 257 Å². The highest BCUT2D eigenvalue weighted by Gasteiger charge is 2.51. The minimum Gasteiger partial charge on any atom is -0.394 e. The van der Waals surface area contributed by atoms with Crippen LogP contribution in [0, 0.1) is 0 Å². The summed E-state index contributed by atoms with van der Waals surface area (Å²) in [5, 5.41) is 87.2. The zero-order valence-electron chi connectivity index (χ0n) is 49.2. The molecule has 14 heteroatoms. The number of unbranched alkanes of at least 4 members (excludes halogenated alkanes) is 38. The van der Waals surface area contributed by atoms with Crippen molar-refractivity contribution < 1.29 is 64.6 Å². The first-order valence-electron chi connectivity index (χ1n) is 32.4. The zero-order chi connectivity index (χ0) is 56.0. The van der Waals surface area contributed by atoms with Gasteiger partial charge < -0.3 is 65.1 Å². The predicted molar refractivity (Wildman–Crippen MR) is 309 cm³/mol. The number of amides is 1. The summed E-state index contributed by atoms with van der Waals surface area (Å²) in [6.45, 7) is 2.88. The molecule has 2 rings (SSSR count). The number of nitrogens with one attached hydrogen (secondary N) is 1. The van der Waals surface area contributed by atoms with Crippen LogP contribution in [0.5, 0.6) is 0 Å². The van der Waals surface area contributed by atoms with E-state index in [1.54, 1.807) is 0 Å². The number of aliphatic hydroxyl groups excluding tert-OH is 8. The fourth-order valence-electron chi connectivity index (χ4n) is 11.0. The highest BCUT2D eigenvalue weighted by Crippen LogP contribution is 2.30. The number of aliphatic hydroxyl groups is 8. The second kappa shape index (κ2) is 49.3. The minimum absolute atomic E-state index is 0.202. The van der Waals surface area contributed by atoms with Crippen LogP contribution in [0.4, 0.5) is 0 Å². The van der Waals surface area contributed by atoms with Crippen LogP contribution in [-0.2, 0) is 23.7 Å². The topological polar surface area (TPSA) is 228 Å². The summed E-state index contributed by atoms with van der Waals surface area (Å²) < 4.78 is 22.8. The Morgan fingerprint density at radius 1 is 0.455 bits per heavy atom. The third-order valence-electron chi connectivity index (χ3n) is 16.2. The Bertz CT molecular complexity index is 1340. The van der Waals surface area contributed by atoms with Crippen molar-refractivity contribution in [3.63, 3.8) is 0 Å². The van der Waals surface area contributed by atoms with E-state index in [2.05, 4.69) is 31.3 Å². The molecule has 12 atom stereocenters. The second-order valence-electron chi connectivity index (χ2n) is 23.2. The molecule has 12 unspecified atom stereocenters. The Kier molecular flexibility index (Phi) is 46.0. The van der Waals surface area contributed by atoms with Crippen molar-refractivity contribution in [3.05, 3.63) is 12.2 Å². The van der Waals surface area contributed by atoms with Gasteiger partial charge in [0, 0.05) is 6.42 Å². The van der Waals surface area contributed by atoms with E-state index in [4.69, 9.17) is 18.9 Å². The summed E-state index contributed by atoms with van der Waals surface area (Å²) in [6.07, 6.45) is 41.0. The van der Waals surface area contributed by atoms with Crippen molar-refractivity contribution in [2.75, 3.05) is 19.8 Å². The lowest BCUT2D eigenvalue weighted by atomic mass is 9.97. The van der Waals surface area contributed by atoms with Crippen LogP contribution in [0.25, 0.3) is 0 Å². The highest BCUT2D eigenvalue weighted by molar-refractivity contribution is 5.76. The number of ether oxygens (including phenoxy) is 4. The molecule has 0 saturated carbocycles. The van der Waals surface area contributed by atoms with E-state index in [0.29, 0.717) is 12.8 Å². The van der Waals surface area contributed by atoms with E-state index in [1.807, 2.05) is 0 Å². The van der Waals surface area contributed by atoms with Gasteiger partial charge in [-0.25, -0.2) is 0 Å². The van der Waals surface area contributed by atoms with Gasteiger partial charge in [-0.3, -0.25) is 4.79 Å². The van der Waals surface area contributed by atoms with Gasteiger partial charge in [0.05, 0.1) is 32.0 Å².